The standard InChI is InChI=1S/C22H32N4O2.HI/c1-5-23-21(24-14-20-26-17(3)18(4)28-20)25-15-22(10-12-27-13-11-22)19-9-7-6-8-16(19)2;/h6-9H,5,10-15H2,1-4H3,(H2,23,24,25);1H. The summed E-state index contributed by atoms with van der Waals surface area (Å²) in [5.41, 5.74) is 3.71. The molecule has 0 amide bonds. The Hall–Kier alpha value is -1.61. The maximum atomic E-state index is 5.66. The molecule has 3 rings (SSSR count). The van der Waals surface area contributed by atoms with Crippen LogP contribution in [0.25, 0.3) is 0 Å². The fourth-order valence-corrected chi connectivity index (χ4v) is 3.82. The molecular weight excluding hydrogens is 479 g/mol. The topological polar surface area (TPSA) is 71.7 Å². The number of rotatable bonds is 6. The molecule has 1 aromatic carbocycles. The lowest BCUT2D eigenvalue weighted by Gasteiger charge is -2.39. The largest absolute Gasteiger partial charge is 0.444 e. The third-order valence-corrected chi connectivity index (χ3v) is 5.55. The van der Waals surface area contributed by atoms with Crippen LogP contribution in [0.1, 0.15) is 48.2 Å². The number of nitrogens with one attached hydrogen (secondary N) is 2. The quantitative estimate of drug-likeness (QED) is 0.348. The van der Waals surface area contributed by atoms with E-state index in [0.29, 0.717) is 12.4 Å². The summed E-state index contributed by atoms with van der Waals surface area (Å²) in [5.74, 6) is 2.28. The predicted molar refractivity (Wildman–Crippen MR) is 127 cm³/mol. The molecule has 2 N–H and O–H groups in total. The van der Waals surface area contributed by atoms with Crippen molar-refractivity contribution >= 4 is 29.9 Å². The molecule has 1 aliphatic heterocycles. The summed E-state index contributed by atoms with van der Waals surface area (Å²) in [6.07, 6.45) is 2.00. The lowest BCUT2D eigenvalue weighted by Crippen LogP contribution is -2.48. The summed E-state index contributed by atoms with van der Waals surface area (Å²) < 4.78 is 11.3. The van der Waals surface area contributed by atoms with Gasteiger partial charge in [-0.25, -0.2) is 9.98 Å². The summed E-state index contributed by atoms with van der Waals surface area (Å²) in [5, 5.41) is 6.90. The van der Waals surface area contributed by atoms with Gasteiger partial charge in [0.05, 0.1) is 5.69 Å². The molecule has 160 valence electrons. The number of guanidine groups is 1. The molecule has 0 aliphatic carbocycles. The van der Waals surface area contributed by atoms with Gasteiger partial charge in [0, 0.05) is 31.7 Å². The maximum Gasteiger partial charge on any atom is 0.216 e. The van der Waals surface area contributed by atoms with Gasteiger partial charge in [-0.2, -0.15) is 0 Å². The van der Waals surface area contributed by atoms with E-state index in [-0.39, 0.29) is 29.4 Å². The molecule has 1 fully saturated rings. The van der Waals surface area contributed by atoms with Gasteiger partial charge >= 0.3 is 0 Å². The van der Waals surface area contributed by atoms with Gasteiger partial charge in [-0.3, -0.25) is 0 Å². The van der Waals surface area contributed by atoms with E-state index in [2.05, 4.69) is 58.7 Å². The average molecular weight is 512 g/mol. The van der Waals surface area contributed by atoms with E-state index in [1.54, 1.807) is 0 Å². The van der Waals surface area contributed by atoms with Gasteiger partial charge in [-0.05, 0) is 51.7 Å². The van der Waals surface area contributed by atoms with Crippen molar-refractivity contribution in [3.8, 4) is 0 Å². The van der Waals surface area contributed by atoms with Gasteiger partial charge < -0.3 is 19.8 Å². The lowest BCUT2D eigenvalue weighted by atomic mass is 9.72. The highest BCUT2D eigenvalue weighted by Gasteiger charge is 2.35. The number of oxazole rings is 1. The van der Waals surface area contributed by atoms with Crippen LogP contribution in [0.15, 0.2) is 33.7 Å². The van der Waals surface area contributed by atoms with Gasteiger partial charge in [0.15, 0.2) is 5.96 Å². The maximum absolute atomic E-state index is 5.66. The highest BCUT2D eigenvalue weighted by Crippen LogP contribution is 2.36. The molecule has 0 saturated carbocycles. The number of aliphatic imine (C=N–C) groups is 1. The van der Waals surface area contributed by atoms with E-state index < -0.39 is 0 Å². The number of benzene rings is 1. The highest BCUT2D eigenvalue weighted by atomic mass is 127. The van der Waals surface area contributed by atoms with Crippen LogP contribution in [0.4, 0.5) is 0 Å². The molecule has 0 atom stereocenters. The second-order valence-electron chi connectivity index (χ2n) is 7.51. The van der Waals surface area contributed by atoms with Crippen molar-refractivity contribution in [1.29, 1.82) is 0 Å². The smallest absolute Gasteiger partial charge is 0.216 e. The number of aromatic nitrogens is 1. The van der Waals surface area contributed by atoms with Crippen molar-refractivity contribution < 1.29 is 9.15 Å². The number of hydrogen-bond donors (Lipinski definition) is 2. The molecular formula is C22H33IN4O2. The third-order valence-electron chi connectivity index (χ3n) is 5.55. The van der Waals surface area contributed by atoms with Gasteiger partial charge in [0.1, 0.15) is 12.3 Å². The Morgan fingerprint density at radius 1 is 1.14 bits per heavy atom. The molecule has 1 aromatic heterocycles. The first-order valence-electron chi connectivity index (χ1n) is 10.1. The monoisotopic (exact) mass is 512 g/mol. The van der Waals surface area contributed by atoms with Crippen LogP contribution in [0, 0.1) is 20.8 Å². The van der Waals surface area contributed by atoms with E-state index in [9.17, 15) is 0 Å². The van der Waals surface area contributed by atoms with Gasteiger partial charge in [0.2, 0.25) is 5.89 Å². The molecule has 29 heavy (non-hydrogen) atoms. The molecule has 7 heteroatoms. The molecule has 2 heterocycles. The van der Waals surface area contributed by atoms with Gasteiger partial charge in [0.25, 0.3) is 0 Å². The molecule has 0 unspecified atom stereocenters. The number of hydrogen-bond acceptors (Lipinski definition) is 4. The zero-order valence-electron chi connectivity index (χ0n) is 17.9. The molecule has 0 bridgehead atoms. The first kappa shape index (κ1) is 23.7. The summed E-state index contributed by atoms with van der Waals surface area (Å²) in [4.78, 5) is 9.10. The SMILES string of the molecule is CCNC(=NCc1nc(C)c(C)o1)NCC1(c2ccccc2C)CCOCC1.I. The van der Waals surface area contributed by atoms with Crippen molar-refractivity contribution in [3.63, 3.8) is 0 Å². The predicted octanol–water partition coefficient (Wildman–Crippen LogP) is 4.02. The van der Waals surface area contributed by atoms with Gasteiger partial charge in [-0.1, -0.05) is 24.3 Å². The first-order valence-corrected chi connectivity index (χ1v) is 10.1. The second-order valence-corrected chi connectivity index (χ2v) is 7.51. The minimum Gasteiger partial charge on any atom is -0.444 e. The van der Waals surface area contributed by atoms with Crippen molar-refractivity contribution in [2.75, 3.05) is 26.3 Å². The first-order chi connectivity index (χ1) is 13.5. The normalized spacial score (nSPS) is 16.2. The van der Waals surface area contributed by atoms with Crippen LogP contribution in [-0.2, 0) is 16.7 Å². The Kier molecular flexibility index (Phi) is 8.95. The van der Waals surface area contributed by atoms with E-state index in [1.807, 2.05) is 13.8 Å². The number of ether oxygens (including phenoxy) is 1. The van der Waals surface area contributed by atoms with Crippen molar-refractivity contribution in [3.05, 3.63) is 52.7 Å². The van der Waals surface area contributed by atoms with E-state index in [4.69, 9.17) is 9.15 Å². The van der Waals surface area contributed by atoms with Crippen molar-refractivity contribution in [2.45, 2.75) is 52.5 Å². The molecule has 1 saturated heterocycles. The fraction of sp³-hybridized carbons (Fsp3) is 0.545. The van der Waals surface area contributed by atoms with E-state index in [1.165, 1.54) is 11.1 Å². The van der Waals surface area contributed by atoms with Gasteiger partial charge in [-0.15, -0.1) is 24.0 Å². The zero-order chi connectivity index (χ0) is 20.0. The Morgan fingerprint density at radius 2 is 1.86 bits per heavy atom. The minimum atomic E-state index is 0. The van der Waals surface area contributed by atoms with Crippen LogP contribution in [0.3, 0.4) is 0 Å². The summed E-state index contributed by atoms with van der Waals surface area (Å²) in [6, 6.07) is 8.68. The molecule has 0 radical (unpaired) electrons. The zero-order valence-corrected chi connectivity index (χ0v) is 20.2. The molecule has 0 spiro atoms. The number of aryl methyl sites for hydroxylation is 3. The van der Waals surface area contributed by atoms with Crippen LogP contribution < -0.4 is 10.6 Å². The van der Waals surface area contributed by atoms with Crippen LogP contribution >= 0.6 is 24.0 Å². The Morgan fingerprint density at radius 3 is 2.48 bits per heavy atom. The van der Waals surface area contributed by atoms with E-state index in [0.717, 1.165) is 56.6 Å². The molecule has 1 aliphatic rings. The Labute approximate surface area is 190 Å². The van der Waals surface area contributed by atoms with Crippen molar-refractivity contribution in [1.82, 2.24) is 15.6 Å². The molecule has 2 aromatic rings. The van der Waals surface area contributed by atoms with Crippen LogP contribution in [-0.4, -0.2) is 37.2 Å². The lowest BCUT2D eigenvalue weighted by molar-refractivity contribution is 0.0512. The second kappa shape index (κ2) is 11.0. The summed E-state index contributed by atoms with van der Waals surface area (Å²) in [6.45, 7) is 11.8. The summed E-state index contributed by atoms with van der Waals surface area (Å²) in [7, 11) is 0. The Balaban J connectivity index is 0.00000300. The van der Waals surface area contributed by atoms with Crippen LogP contribution in [0.5, 0.6) is 0 Å². The van der Waals surface area contributed by atoms with Crippen LogP contribution in [0.2, 0.25) is 0 Å². The number of halogens is 1. The highest BCUT2D eigenvalue weighted by molar-refractivity contribution is 14.0. The van der Waals surface area contributed by atoms with Crippen molar-refractivity contribution in [2.24, 2.45) is 4.99 Å². The minimum absolute atomic E-state index is 0. The molecule has 6 nitrogen and oxygen atoms in total. The fourth-order valence-electron chi connectivity index (χ4n) is 3.82. The summed E-state index contributed by atoms with van der Waals surface area (Å²) >= 11 is 0. The third kappa shape index (κ3) is 5.94. The van der Waals surface area contributed by atoms with E-state index >= 15 is 0 Å². The Bertz CT molecular complexity index is 793. The average Bonchev–Trinajstić information content (AvgIpc) is 3.02. The number of nitrogens with zero attached hydrogens (tertiary/aromatic N) is 2.